The molecule has 0 bridgehead atoms. The summed E-state index contributed by atoms with van der Waals surface area (Å²) in [6.45, 7) is 14.4. The Morgan fingerprint density at radius 1 is 1.21 bits per heavy atom. The summed E-state index contributed by atoms with van der Waals surface area (Å²) in [5.74, 6) is 0.804. The summed E-state index contributed by atoms with van der Waals surface area (Å²) in [6.07, 6.45) is 6.95. The quantitative estimate of drug-likeness (QED) is 0.838. The third-order valence-electron chi connectivity index (χ3n) is 5.23. The molecule has 2 nitrogen and oxygen atoms in total. The Balaban J connectivity index is 1.90. The fourth-order valence-corrected chi connectivity index (χ4v) is 3.90. The zero-order valence-electron chi connectivity index (χ0n) is 13.7. The fraction of sp³-hybridized carbons (Fsp3) is 1.00. The molecular weight excluding hydrogens is 232 g/mol. The average Bonchev–Trinajstić information content (AvgIpc) is 2.31. The molecule has 0 amide bonds. The first-order valence-electron chi connectivity index (χ1n) is 8.36. The van der Waals surface area contributed by atoms with E-state index in [1.807, 2.05) is 0 Å². The van der Waals surface area contributed by atoms with E-state index < -0.39 is 0 Å². The van der Waals surface area contributed by atoms with Gasteiger partial charge in [-0.25, -0.2) is 0 Å². The zero-order valence-corrected chi connectivity index (χ0v) is 13.7. The largest absolute Gasteiger partial charge is 0.311 e. The van der Waals surface area contributed by atoms with Crippen molar-refractivity contribution < 1.29 is 0 Å². The van der Waals surface area contributed by atoms with E-state index in [2.05, 4.69) is 44.8 Å². The van der Waals surface area contributed by atoms with E-state index >= 15 is 0 Å². The Bertz CT molecular complexity index is 275. The zero-order chi connectivity index (χ0) is 14.0. The molecule has 2 aliphatic rings. The van der Waals surface area contributed by atoms with Crippen LogP contribution in [0.1, 0.15) is 66.7 Å². The van der Waals surface area contributed by atoms with Crippen LogP contribution in [0, 0.1) is 11.3 Å². The summed E-state index contributed by atoms with van der Waals surface area (Å²) in [4.78, 5) is 2.82. The van der Waals surface area contributed by atoms with Gasteiger partial charge in [-0.3, -0.25) is 4.90 Å². The molecule has 2 rings (SSSR count). The van der Waals surface area contributed by atoms with Crippen LogP contribution in [0.25, 0.3) is 0 Å². The first kappa shape index (κ1) is 15.3. The lowest BCUT2D eigenvalue weighted by molar-refractivity contribution is 0.0433. The molecule has 1 aliphatic heterocycles. The van der Waals surface area contributed by atoms with Crippen LogP contribution < -0.4 is 5.32 Å². The Morgan fingerprint density at radius 3 is 2.42 bits per heavy atom. The highest BCUT2D eigenvalue weighted by molar-refractivity contribution is 4.91. The van der Waals surface area contributed by atoms with Crippen molar-refractivity contribution in [3.63, 3.8) is 0 Å². The van der Waals surface area contributed by atoms with Crippen LogP contribution in [0.3, 0.4) is 0 Å². The molecule has 1 heterocycles. The summed E-state index contributed by atoms with van der Waals surface area (Å²) in [7, 11) is 0. The third kappa shape index (κ3) is 4.19. The summed E-state index contributed by atoms with van der Waals surface area (Å²) < 4.78 is 0. The number of nitrogens with one attached hydrogen (secondary N) is 1. The van der Waals surface area contributed by atoms with Crippen LogP contribution in [0.2, 0.25) is 0 Å². The van der Waals surface area contributed by atoms with Crippen molar-refractivity contribution in [1.82, 2.24) is 10.2 Å². The van der Waals surface area contributed by atoms with Gasteiger partial charge in [-0.15, -0.1) is 0 Å². The normalized spacial score (nSPS) is 33.8. The highest BCUT2D eigenvalue weighted by atomic mass is 15.2. The predicted molar refractivity (Wildman–Crippen MR) is 83.5 cm³/mol. The van der Waals surface area contributed by atoms with Gasteiger partial charge in [0.05, 0.1) is 0 Å². The molecule has 1 aliphatic carbocycles. The molecule has 0 radical (unpaired) electrons. The highest BCUT2D eigenvalue weighted by Gasteiger charge is 2.35. The van der Waals surface area contributed by atoms with E-state index in [4.69, 9.17) is 0 Å². The van der Waals surface area contributed by atoms with Crippen LogP contribution >= 0.6 is 0 Å². The topological polar surface area (TPSA) is 15.3 Å². The molecule has 1 saturated carbocycles. The fourth-order valence-electron chi connectivity index (χ4n) is 3.90. The summed E-state index contributed by atoms with van der Waals surface area (Å²) >= 11 is 0. The molecule has 2 fully saturated rings. The molecule has 19 heavy (non-hydrogen) atoms. The number of hydrogen-bond acceptors (Lipinski definition) is 2. The maximum Gasteiger partial charge on any atom is 0.0198 e. The maximum absolute atomic E-state index is 3.74. The lowest BCUT2D eigenvalue weighted by Crippen LogP contribution is -2.59. The van der Waals surface area contributed by atoms with E-state index in [-0.39, 0.29) is 0 Å². The lowest BCUT2D eigenvalue weighted by atomic mass is 9.75. The van der Waals surface area contributed by atoms with Gasteiger partial charge >= 0.3 is 0 Å². The molecule has 0 aromatic carbocycles. The van der Waals surface area contributed by atoms with Gasteiger partial charge in [0, 0.05) is 31.2 Å². The van der Waals surface area contributed by atoms with Crippen LogP contribution in [0.15, 0.2) is 0 Å². The minimum Gasteiger partial charge on any atom is -0.311 e. The van der Waals surface area contributed by atoms with E-state index in [1.165, 1.54) is 45.2 Å². The van der Waals surface area contributed by atoms with Gasteiger partial charge in [-0.1, -0.05) is 27.7 Å². The van der Waals surface area contributed by atoms with Gasteiger partial charge in [0.25, 0.3) is 0 Å². The number of piperazine rings is 1. The first-order valence-corrected chi connectivity index (χ1v) is 8.36. The van der Waals surface area contributed by atoms with Gasteiger partial charge < -0.3 is 5.32 Å². The van der Waals surface area contributed by atoms with Crippen molar-refractivity contribution in [1.29, 1.82) is 0 Å². The molecule has 0 aromatic heterocycles. The predicted octanol–water partition coefficient (Wildman–Crippen LogP) is 3.66. The number of nitrogens with zero attached hydrogens (tertiary/aromatic N) is 1. The second-order valence-corrected chi connectivity index (χ2v) is 8.18. The van der Waals surface area contributed by atoms with Crippen LogP contribution in [-0.4, -0.2) is 36.1 Å². The first-order chi connectivity index (χ1) is 8.87. The Morgan fingerprint density at radius 2 is 1.84 bits per heavy atom. The molecule has 1 saturated heterocycles. The minimum atomic E-state index is 0.588. The molecular formula is C17H34N2. The SMILES string of the molecule is CC(C)CC1CN(C2CCC(C)(C)CC2)C(C)CN1. The van der Waals surface area contributed by atoms with Crippen molar-refractivity contribution in [2.45, 2.75) is 84.8 Å². The standard InChI is InChI=1S/C17H34N2/c1-13(2)10-15-12-19(14(3)11-18-15)16-6-8-17(4,5)9-7-16/h13-16,18H,6-12H2,1-5H3. The van der Waals surface area contributed by atoms with E-state index in [9.17, 15) is 0 Å². The summed E-state index contributed by atoms with van der Waals surface area (Å²) in [5.41, 5.74) is 0.588. The molecule has 1 N–H and O–H groups in total. The molecule has 0 spiro atoms. The Labute approximate surface area is 120 Å². The molecule has 0 aromatic rings. The van der Waals surface area contributed by atoms with E-state index in [0.29, 0.717) is 11.5 Å². The van der Waals surface area contributed by atoms with Gasteiger partial charge in [-0.2, -0.15) is 0 Å². The van der Waals surface area contributed by atoms with Crippen molar-refractivity contribution in [2.24, 2.45) is 11.3 Å². The smallest absolute Gasteiger partial charge is 0.0198 e. The van der Waals surface area contributed by atoms with Crippen molar-refractivity contribution in [2.75, 3.05) is 13.1 Å². The molecule has 2 atom stereocenters. The van der Waals surface area contributed by atoms with Gasteiger partial charge in [0.15, 0.2) is 0 Å². The number of rotatable bonds is 3. The highest BCUT2D eigenvalue weighted by Crippen LogP contribution is 2.37. The Hall–Kier alpha value is -0.0800. The van der Waals surface area contributed by atoms with Crippen molar-refractivity contribution >= 4 is 0 Å². The van der Waals surface area contributed by atoms with Crippen molar-refractivity contribution in [3.8, 4) is 0 Å². The second kappa shape index (κ2) is 6.13. The number of hydrogen-bond donors (Lipinski definition) is 1. The minimum absolute atomic E-state index is 0.588. The van der Waals surface area contributed by atoms with E-state index in [0.717, 1.165) is 18.0 Å². The average molecular weight is 266 g/mol. The maximum atomic E-state index is 3.74. The Kier molecular flexibility index (Phi) is 4.94. The van der Waals surface area contributed by atoms with Crippen LogP contribution in [0.5, 0.6) is 0 Å². The van der Waals surface area contributed by atoms with Crippen LogP contribution in [0.4, 0.5) is 0 Å². The molecule has 112 valence electrons. The summed E-state index contributed by atoms with van der Waals surface area (Å²) in [5, 5.41) is 3.74. The third-order valence-corrected chi connectivity index (χ3v) is 5.23. The van der Waals surface area contributed by atoms with Crippen LogP contribution in [-0.2, 0) is 0 Å². The monoisotopic (exact) mass is 266 g/mol. The van der Waals surface area contributed by atoms with Gasteiger partial charge in [0.1, 0.15) is 0 Å². The molecule has 2 unspecified atom stereocenters. The lowest BCUT2D eigenvalue weighted by Gasteiger charge is -2.47. The van der Waals surface area contributed by atoms with Gasteiger partial charge in [-0.05, 0) is 50.4 Å². The summed E-state index contributed by atoms with van der Waals surface area (Å²) in [6, 6.07) is 2.28. The second-order valence-electron chi connectivity index (χ2n) is 8.18. The van der Waals surface area contributed by atoms with Crippen molar-refractivity contribution in [3.05, 3.63) is 0 Å². The van der Waals surface area contributed by atoms with E-state index in [1.54, 1.807) is 0 Å². The van der Waals surface area contributed by atoms with Gasteiger partial charge in [0.2, 0.25) is 0 Å². The molecule has 2 heteroatoms.